The van der Waals surface area contributed by atoms with Crippen molar-refractivity contribution >= 4 is 17.1 Å². The molecule has 1 atom stereocenters. The molecule has 0 aliphatic carbocycles. The maximum Gasteiger partial charge on any atom is 0.349 e. The smallest absolute Gasteiger partial charge is 0.349 e. The third-order valence-corrected chi connectivity index (χ3v) is 4.22. The van der Waals surface area contributed by atoms with Crippen molar-refractivity contribution in [1.82, 2.24) is 9.66 Å². The molecule has 2 aromatic carbocycles. The van der Waals surface area contributed by atoms with E-state index in [1.54, 1.807) is 49.6 Å². The van der Waals surface area contributed by atoms with Gasteiger partial charge in [0.25, 0.3) is 5.56 Å². The van der Waals surface area contributed by atoms with Crippen LogP contribution in [0.15, 0.2) is 57.2 Å². The van der Waals surface area contributed by atoms with Gasteiger partial charge in [-0.2, -0.15) is 5.10 Å². The molecule has 3 rings (SSSR count). The summed E-state index contributed by atoms with van der Waals surface area (Å²) in [6.07, 6.45) is 2.21. The molecule has 0 radical (unpaired) electrons. The Morgan fingerprint density at radius 3 is 2.70 bits per heavy atom. The largest absolute Gasteiger partial charge is 0.493 e. The molecule has 0 fully saturated rings. The molecule has 0 saturated carbocycles. The van der Waals surface area contributed by atoms with Crippen LogP contribution in [0.4, 0.5) is 0 Å². The molecule has 0 unspecified atom stereocenters. The summed E-state index contributed by atoms with van der Waals surface area (Å²) in [4.78, 5) is 27.5. The normalized spacial score (nSPS) is 12.4. The first kappa shape index (κ1) is 18.4. The summed E-state index contributed by atoms with van der Waals surface area (Å²) in [6, 6.07) is 12.1. The lowest BCUT2D eigenvalue weighted by molar-refractivity contribution is 0.207. The molecule has 1 heterocycles. The average molecular weight is 367 g/mol. The zero-order valence-electron chi connectivity index (χ0n) is 15.4. The first-order valence-corrected chi connectivity index (χ1v) is 8.67. The minimum Gasteiger partial charge on any atom is -0.493 e. The van der Waals surface area contributed by atoms with Crippen LogP contribution in [0.25, 0.3) is 10.9 Å². The van der Waals surface area contributed by atoms with E-state index >= 15 is 0 Å². The van der Waals surface area contributed by atoms with Gasteiger partial charge in [0.1, 0.15) is 0 Å². The lowest BCUT2D eigenvalue weighted by Crippen LogP contribution is -2.32. The second kappa shape index (κ2) is 7.90. The maximum absolute atomic E-state index is 12.6. The molecule has 3 aromatic rings. The molecule has 140 valence electrons. The number of aromatic amines is 1. The Kier molecular flexibility index (Phi) is 5.40. The Morgan fingerprint density at radius 2 is 1.96 bits per heavy atom. The van der Waals surface area contributed by atoms with Crippen LogP contribution >= 0.6 is 0 Å². The van der Waals surface area contributed by atoms with Gasteiger partial charge in [0, 0.05) is 5.56 Å². The van der Waals surface area contributed by atoms with Gasteiger partial charge < -0.3 is 14.5 Å². The van der Waals surface area contributed by atoms with Gasteiger partial charge in [0.05, 0.1) is 30.3 Å². The zero-order valence-corrected chi connectivity index (χ0v) is 15.4. The van der Waals surface area contributed by atoms with Gasteiger partial charge in [-0.15, -0.1) is 4.68 Å². The number of aromatic nitrogens is 2. The van der Waals surface area contributed by atoms with Gasteiger partial charge in [0.2, 0.25) is 0 Å². The molecular formula is C20H21N3O4. The van der Waals surface area contributed by atoms with E-state index in [1.807, 2.05) is 13.8 Å². The molecular weight excluding hydrogens is 346 g/mol. The van der Waals surface area contributed by atoms with Gasteiger partial charge in [-0.1, -0.05) is 25.1 Å². The lowest BCUT2D eigenvalue weighted by Gasteiger charge is -2.17. The number of nitrogens with zero attached hydrogens (tertiary/aromatic N) is 2. The molecule has 0 saturated heterocycles. The Bertz CT molecular complexity index is 1100. The van der Waals surface area contributed by atoms with E-state index in [2.05, 4.69) is 10.1 Å². The van der Waals surface area contributed by atoms with Crippen LogP contribution in [0.2, 0.25) is 0 Å². The molecule has 7 heteroatoms. The first-order chi connectivity index (χ1) is 13.0. The topological polar surface area (TPSA) is 85.7 Å². The van der Waals surface area contributed by atoms with Crippen molar-refractivity contribution in [3.05, 3.63) is 68.9 Å². The van der Waals surface area contributed by atoms with Crippen molar-refractivity contribution in [1.29, 1.82) is 0 Å². The van der Waals surface area contributed by atoms with E-state index in [9.17, 15) is 9.59 Å². The monoisotopic (exact) mass is 367 g/mol. The van der Waals surface area contributed by atoms with Crippen LogP contribution in [0, 0.1) is 0 Å². The fraction of sp³-hybridized carbons (Fsp3) is 0.250. The van der Waals surface area contributed by atoms with Crippen molar-refractivity contribution in [3.63, 3.8) is 0 Å². The summed E-state index contributed by atoms with van der Waals surface area (Å²) >= 11 is 0. The number of para-hydroxylation sites is 2. The molecule has 0 aliphatic rings. The Balaban J connectivity index is 2.08. The predicted octanol–water partition coefficient (Wildman–Crippen LogP) is 2.76. The van der Waals surface area contributed by atoms with Gasteiger partial charge in [0.15, 0.2) is 11.5 Å². The van der Waals surface area contributed by atoms with Crippen LogP contribution in [-0.2, 0) is 0 Å². The van der Waals surface area contributed by atoms with E-state index < -0.39 is 11.2 Å². The van der Waals surface area contributed by atoms with Gasteiger partial charge in [-0.25, -0.2) is 4.79 Å². The second-order valence-electron chi connectivity index (χ2n) is 6.05. The highest BCUT2D eigenvalue weighted by Gasteiger charge is 2.13. The number of fused-ring (bicyclic) bond motifs is 1. The highest BCUT2D eigenvalue weighted by molar-refractivity contribution is 5.85. The highest BCUT2D eigenvalue weighted by atomic mass is 16.5. The molecule has 27 heavy (non-hydrogen) atoms. The number of nitrogens with one attached hydrogen (secondary N) is 1. The summed E-state index contributed by atoms with van der Waals surface area (Å²) in [6.45, 7) is 3.97. The SMILES string of the molecule is CC[C@H](C)Oc1c(C=Nn2c(=O)[nH]c3ccccc3c2=O)cccc1OC. The van der Waals surface area contributed by atoms with Gasteiger partial charge in [-0.05, 0) is 37.6 Å². The Labute approximate surface area is 155 Å². The fourth-order valence-corrected chi connectivity index (χ4v) is 2.58. The summed E-state index contributed by atoms with van der Waals surface area (Å²) in [5.74, 6) is 1.07. The van der Waals surface area contributed by atoms with Crippen LogP contribution in [-0.4, -0.2) is 29.1 Å². The number of rotatable bonds is 6. The first-order valence-electron chi connectivity index (χ1n) is 8.67. The van der Waals surface area contributed by atoms with Crippen molar-refractivity contribution < 1.29 is 9.47 Å². The minimum atomic E-state index is -0.609. The van der Waals surface area contributed by atoms with E-state index in [4.69, 9.17) is 9.47 Å². The fourth-order valence-electron chi connectivity index (χ4n) is 2.58. The quantitative estimate of drug-likeness (QED) is 0.679. The lowest BCUT2D eigenvalue weighted by atomic mass is 10.2. The van der Waals surface area contributed by atoms with Gasteiger partial charge in [-0.3, -0.25) is 4.79 Å². The molecule has 1 N–H and O–H groups in total. The number of H-pyrrole nitrogens is 1. The van der Waals surface area contributed by atoms with Gasteiger partial charge >= 0.3 is 5.69 Å². The van der Waals surface area contributed by atoms with E-state index in [-0.39, 0.29) is 6.10 Å². The van der Waals surface area contributed by atoms with Crippen LogP contribution < -0.4 is 20.7 Å². The van der Waals surface area contributed by atoms with Crippen molar-refractivity contribution in [2.45, 2.75) is 26.4 Å². The Hall–Kier alpha value is -3.35. The number of benzene rings is 2. The molecule has 7 nitrogen and oxygen atoms in total. The minimum absolute atomic E-state index is 0.0276. The number of hydrogen-bond acceptors (Lipinski definition) is 5. The van der Waals surface area contributed by atoms with Crippen LogP contribution in [0.3, 0.4) is 0 Å². The summed E-state index contributed by atoms with van der Waals surface area (Å²) in [5, 5.41) is 4.48. The number of ether oxygens (including phenoxy) is 2. The molecule has 1 aromatic heterocycles. The number of hydrogen-bond donors (Lipinski definition) is 1. The van der Waals surface area contributed by atoms with Crippen molar-refractivity contribution in [2.75, 3.05) is 7.11 Å². The van der Waals surface area contributed by atoms with Crippen LogP contribution in [0.1, 0.15) is 25.8 Å². The predicted molar refractivity (Wildman–Crippen MR) is 105 cm³/mol. The number of methoxy groups -OCH3 is 1. The van der Waals surface area contributed by atoms with E-state index in [1.165, 1.54) is 6.21 Å². The average Bonchev–Trinajstić information content (AvgIpc) is 2.68. The summed E-state index contributed by atoms with van der Waals surface area (Å²) < 4.78 is 12.1. The molecule has 0 aliphatic heterocycles. The maximum atomic E-state index is 12.6. The molecule has 0 spiro atoms. The third kappa shape index (κ3) is 3.76. The highest BCUT2D eigenvalue weighted by Crippen LogP contribution is 2.31. The third-order valence-electron chi connectivity index (χ3n) is 4.22. The Morgan fingerprint density at radius 1 is 1.19 bits per heavy atom. The molecule has 0 bridgehead atoms. The summed E-state index contributed by atoms with van der Waals surface area (Å²) in [5.41, 5.74) is -0.0182. The second-order valence-corrected chi connectivity index (χ2v) is 6.05. The summed E-state index contributed by atoms with van der Waals surface area (Å²) in [7, 11) is 1.55. The van der Waals surface area contributed by atoms with Crippen molar-refractivity contribution in [3.8, 4) is 11.5 Å². The molecule has 0 amide bonds. The van der Waals surface area contributed by atoms with Crippen molar-refractivity contribution in [2.24, 2.45) is 5.10 Å². The van der Waals surface area contributed by atoms with E-state index in [0.29, 0.717) is 28.0 Å². The van der Waals surface area contributed by atoms with E-state index in [0.717, 1.165) is 11.1 Å². The zero-order chi connectivity index (χ0) is 19.4. The van der Waals surface area contributed by atoms with Crippen LogP contribution in [0.5, 0.6) is 11.5 Å². The standard InChI is InChI=1S/C20H21N3O4/c1-4-13(2)27-18-14(8-7-11-17(18)26-3)12-21-23-19(24)15-9-5-6-10-16(15)22-20(23)25/h5-13H,4H2,1-3H3,(H,22,25)/t13-/m0/s1.